The van der Waals surface area contributed by atoms with Crippen molar-refractivity contribution in [3.63, 3.8) is 0 Å². The number of rotatable bonds is 7. The minimum Gasteiger partial charge on any atom is -0.453 e. The van der Waals surface area contributed by atoms with Gasteiger partial charge in [0.2, 0.25) is 0 Å². The molecule has 0 heterocycles. The summed E-state index contributed by atoms with van der Waals surface area (Å²) >= 11 is 5.94. The second kappa shape index (κ2) is 9.51. The molecule has 0 fully saturated rings. The maximum atomic E-state index is 12.4. The number of carbonyl (C=O) groups excluding carboxylic acids is 3. The molecule has 5 nitrogen and oxygen atoms in total. The van der Waals surface area contributed by atoms with Gasteiger partial charge < -0.3 is 10.1 Å². The standard InChI is InChI=1S/C22H24ClNO4/c1-13-5-6-14(2)18(11-13)20(25)9-10-21(26)28-16(4)22(27)24-19-12-17(23)8-7-15(19)3/h5-8,11-12,16H,9-10H2,1-4H3,(H,24,27)/t16-/m0/s1. The number of ketones is 1. The largest absolute Gasteiger partial charge is 0.453 e. The summed E-state index contributed by atoms with van der Waals surface area (Å²) in [5, 5.41) is 3.19. The van der Waals surface area contributed by atoms with Crippen LogP contribution in [-0.4, -0.2) is 23.8 Å². The van der Waals surface area contributed by atoms with Crippen LogP contribution in [0.5, 0.6) is 0 Å². The predicted octanol–water partition coefficient (Wildman–Crippen LogP) is 4.80. The highest BCUT2D eigenvalue weighted by molar-refractivity contribution is 6.31. The molecule has 0 aliphatic rings. The van der Waals surface area contributed by atoms with E-state index in [-0.39, 0.29) is 18.6 Å². The van der Waals surface area contributed by atoms with Gasteiger partial charge in [0.15, 0.2) is 11.9 Å². The number of esters is 1. The molecule has 148 valence electrons. The van der Waals surface area contributed by atoms with Crippen LogP contribution in [0.25, 0.3) is 0 Å². The number of Topliss-reactive ketones (excluding diaryl/α,β-unsaturated/α-hetero) is 1. The van der Waals surface area contributed by atoms with Crippen molar-refractivity contribution in [3.8, 4) is 0 Å². The number of ether oxygens (including phenoxy) is 1. The van der Waals surface area contributed by atoms with Crippen molar-refractivity contribution in [2.45, 2.75) is 46.6 Å². The lowest BCUT2D eigenvalue weighted by molar-refractivity contribution is -0.153. The molecule has 0 saturated heterocycles. The topological polar surface area (TPSA) is 72.5 Å². The van der Waals surface area contributed by atoms with Gasteiger partial charge in [-0.05, 0) is 57.0 Å². The number of halogens is 1. The van der Waals surface area contributed by atoms with Crippen molar-refractivity contribution in [1.29, 1.82) is 0 Å². The Morgan fingerprint density at radius 1 is 1.00 bits per heavy atom. The fraction of sp³-hybridized carbons (Fsp3) is 0.318. The highest BCUT2D eigenvalue weighted by Crippen LogP contribution is 2.20. The molecule has 6 heteroatoms. The minimum atomic E-state index is -0.985. The smallest absolute Gasteiger partial charge is 0.307 e. The van der Waals surface area contributed by atoms with E-state index in [9.17, 15) is 14.4 Å². The minimum absolute atomic E-state index is 0.0326. The summed E-state index contributed by atoms with van der Waals surface area (Å²) in [6, 6.07) is 10.8. The fourth-order valence-corrected chi connectivity index (χ4v) is 2.83. The Morgan fingerprint density at radius 2 is 1.68 bits per heavy atom. The first kappa shape index (κ1) is 21.6. The molecule has 0 spiro atoms. The molecule has 0 saturated carbocycles. The molecule has 2 aromatic rings. The van der Waals surface area contributed by atoms with Crippen LogP contribution in [0.1, 0.15) is 46.8 Å². The lowest BCUT2D eigenvalue weighted by Crippen LogP contribution is -2.30. The molecule has 0 bridgehead atoms. The number of carbonyl (C=O) groups is 3. The molecule has 2 aromatic carbocycles. The summed E-state index contributed by atoms with van der Waals surface area (Å²) in [5.74, 6) is -1.17. The third-order valence-electron chi connectivity index (χ3n) is 4.38. The van der Waals surface area contributed by atoms with Crippen molar-refractivity contribution < 1.29 is 19.1 Å². The van der Waals surface area contributed by atoms with Crippen molar-refractivity contribution in [1.82, 2.24) is 0 Å². The zero-order valence-electron chi connectivity index (χ0n) is 16.5. The normalized spacial score (nSPS) is 11.6. The first-order valence-electron chi connectivity index (χ1n) is 9.04. The van der Waals surface area contributed by atoms with Crippen LogP contribution >= 0.6 is 11.6 Å². The number of nitrogens with one attached hydrogen (secondary N) is 1. The van der Waals surface area contributed by atoms with E-state index in [1.807, 2.05) is 39.0 Å². The summed E-state index contributed by atoms with van der Waals surface area (Å²) < 4.78 is 5.16. The molecule has 1 atom stereocenters. The maximum Gasteiger partial charge on any atom is 0.307 e. The Hall–Kier alpha value is -2.66. The van der Waals surface area contributed by atoms with Gasteiger partial charge in [-0.2, -0.15) is 0 Å². The lowest BCUT2D eigenvalue weighted by atomic mass is 9.99. The third kappa shape index (κ3) is 5.92. The molecule has 1 amide bonds. The van der Waals surface area contributed by atoms with Crippen LogP contribution in [0.15, 0.2) is 36.4 Å². The Balaban J connectivity index is 1.88. The lowest BCUT2D eigenvalue weighted by Gasteiger charge is -2.15. The van der Waals surface area contributed by atoms with Gasteiger partial charge in [0.1, 0.15) is 0 Å². The monoisotopic (exact) mass is 401 g/mol. The van der Waals surface area contributed by atoms with Gasteiger partial charge in [0, 0.05) is 22.7 Å². The van der Waals surface area contributed by atoms with E-state index in [4.69, 9.17) is 16.3 Å². The molecule has 2 rings (SSSR count). The third-order valence-corrected chi connectivity index (χ3v) is 4.62. The van der Waals surface area contributed by atoms with Gasteiger partial charge in [-0.1, -0.05) is 35.4 Å². The van der Waals surface area contributed by atoms with Crippen LogP contribution in [0, 0.1) is 20.8 Å². The van der Waals surface area contributed by atoms with E-state index < -0.39 is 18.0 Å². The zero-order valence-corrected chi connectivity index (χ0v) is 17.2. The number of anilines is 1. The van der Waals surface area contributed by atoms with E-state index in [1.165, 1.54) is 6.92 Å². The second-order valence-electron chi connectivity index (χ2n) is 6.82. The zero-order chi connectivity index (χ0) is 20.8. The van der Waals surface area contributed by atoms with Gasteiger partial charge in [-0.3, -0.25) is 14.4 Å². The summed E-state index contributed by atoms with van der Waals surface area (Å²) in [4.78, 5) is 36.7. The molecular weight excluding hydrogens is 378 g/mol. The molecule has 1 N–H and O–H groups in total. The summed E-state index contributed by atoms with van der Waals surface area (Å²) in [6.45, 7) is 7.09. The molecule has 0 aliphatic carbocycles. The average molecular weight is 402 g/mol. The van der Waals surface area contributed by atoms with Gasteiger partial charge in [0.05, 0.1) is 6.42 Å². The maximum absolute atomic E-state index is 12.4. The average Bonchev–Trinajstić information content (AvgIpc) is 2.64. The Bertz CT molecular complexity index is 907. The Morgan fingerprint density at radius 3 is 2.39 bits per heavy atom. The number of hydrogen-bond donors (Lipinski definition) is 1. The van der Waals surface area contributed by atoms with Crippen molar-refractivity contribution in [3.05, 3.63) is 63.7 Å². The highest BCUT2D eigenvalue weighted by Gasteiger charge is 2.20. The molecule has 28 heavy (non-hydrogen) atoms. The van der Waals surface area contributed by atoms with Crippen molar-refractivity contribution in [2.24, 2.45) is 0 Å². The highest BCUT2D eigenvalue weighted by atomic mass is 35.5. The fourth-order valence-electron chi connectivity index (χ4n) is 2.66. The van der Waals surface area contributed by atoms with E-state index in [0.29, 0.717) is 16.3 Å². The first-order valence-corrected chi connectivity index (χ1v) is 9.42. The number of benzene rings is 2. The number of amides is 1. The summed E-state index contributed by atoms with van der Waals surface area (Å²) in [5.41, 5.74) is 3.86. The number of hydrogen-bond acceptors (Lipinski definition) is 4. The molecule has 0 radical (unpaired) electrons. The van der Waals surface area contributed by atoms with E-state index in [0.717, 1.165) is 16.7 Å². The Kier molecular flexibility index (Phi) is 7.35. The predicted molar refractivity (Wildman–Crippen MR) is 110 cm³/mol. The van der Waals surface area contributed by atoms with Gasteiger partial charge in [0.25, 0.3) is 5.91 Å². The molecular formula is C22H24ClNO4. The van der Waals surface area contributed by atoms with Crippen LogP contribution in [-0.2, 0) is 14.3 Å². The molecule has 0 aromatic heterocycles. The summed E-state index contributed by atoms with van der Waals surface area (Å²) in [7, 11) is 0. The summed E-state index contributed by atoms with van der Waals surface area (Å²) in [6.07, 6.45) is -1.04. The first-order chi connectivity index (χ1) is 13.2. The van der Waals surface area contributed by atoms with Crippen molar-refractivity contribution >= 4 is 34.9 Å². The van der Waals surface area contributed by atoms with Crippen LogP contribution < -0.4 is 5.32 Å². The van der Waals surface area contributed by atoms with Gasteiger partial charge in [-0.15, -0.1) is 0 Å². The van der Waals surface area contributed by atoms with Crippen LogP contribution in [0.3, 0.4) is 0 Å². The van der Waals surface area contributed by atoms with Gasteiger partial charge >= 0.3 is 5.97 Å². The van der Waals surface area contributed by atoms with E-state index in [2.05, 4.69) is 5.32 Å². The Labute approximate surface area is 170 Å². The SMILES string of the molecule is Cc1ccc(C)c(C(=O)CCC(=O)O[C@@H](C)C(=O)Nc2cc(Cl)ccc2C)c1. The van der Waals surface area contributed by atoms with E-state index in [1.54, 1.807) is 18.2 Å². The quantitative estimate of drug-likeness (QED) is 0.534. The molecule has 0 aliphatic heterocycles. The van der Waals surface area contributed by atoms with Crippen LogP contribution in [0.4, 0.5) is 5.69 Å². The number of aryl methyl sites for hydroxylation is 3. The van der Waals surface area contributed by atoms with Crippen LogP contribution in [0.2, 0.25) is 5.02 Å². The molecule has 0 unspecified atom stereocenters. The van der Waals surface area contributed by atoms with Crippen molar-refractivity contribution in [2.75, 3.05) is 5.32 Å². The second-order valence-corrected chi connectivity index (χ2v) is 7.26. The van der Waals surface area contributed by atoms with E-state index >= 15 is 0 Å². The van der Waals surface area contributed by atoms with Gasteiger partial charge in [-0.25, -0.2) is 0 Å².